The summed E-state index contributed by atoms with van der Waals surface area (Å²) in [5.74, 6) is -0.0755. The number of carbonyl (C=O) groups is 1. The molecule has 100 valence electrons. The first kappa shape index (κ1) is 14.7. The number of nitrogens with one attached hydrogen (secondary N) is 1. The lowest BCUT2D eigenvalue weighted by Crippen LogP contribution is -2.38. The Kier molecular flexibility index (Phi) is 5.82. The summed E-state index contributed by atoms with van der Waals surface area (Å²) in [6.07, 6.45) is 0. The van der Waals surface area contributed by atoms with E-state index in [9.17, 15) is 4.79 Å². The topological polar surface area (TPSA) is 58.6 Å². The molecule has 0 radical (unpaired) electrons. The first-order valence-corrected chi connectivity index (χ1v) is 6.08. The van der Waals surface area contributed by atoms with Gasteiger partial charge in [-0.3, -0.25) is 4.79 Å². The van der Waals surface area contributed by atoms with E-state index in [4.69, 9.17) is 9.84 Å². The summed E-state index contributed by atoms with van der Waals surface area (Å²) >= 11 is 0. The lowest BCUT2D eigenvalue weighted by Gasteiger charge is -2.19. The van der Waals surface area contributed by atoms with Gasteiger partial charge in [0.1, 0.15) is 0 Å². The van der Waals surface area contributed by atoms with Gasteiger partial charge in [0, 0.05) is 25.3 Å². The van der Waals surface area contributed by atoms with Gasteiger partial charge in [0.05, 0.1) is 6.61 Å². The highest BCUT2D eigenvalue weighted by molar-refractivity contribution is 5.94. The summed E-state index contributed by atoms with van der Waals surface area (Å²) in [6, 6.07) is 7.25. The van der Waals surface area contributed by atoms with Crippen LogP contribution in [0.1, 0.15) is 29.8 Å². The Morgan fingerprint density at radius 1 is 1.33 bits per heavy atom. The lowest BCUT2D eigenvalue weighted by molar-refractivity contribution is 0.0916. The summed E-state index contributed by atoms with van der Waals surface area (Å²) < 4.78 is 5.01. The Bertz CT molecular complexity index is 375. The fourth-order valence-corrected chi connectivity index (χ4v) is 1.51. The van der Waals surface area contributed by atoms with Crippen LogP contribution < -0.4 is 5.32 Å². The Balaban J connectivity index is 2.61. The number of hydrogen-bond acceptors (Lipinski definition) is 3. The van der Waals surface area contributed by atoms with E-state index >= 15 is 0 Å². The van der Waals surface area contributed by atoms with Gasteiger partial charge in [0.25, 0.3) is 5.91 Å². The Morgan fingerprint density at radius 3 is 2.44 bits per heavy atom. The third-order valence-corrected chi connectivity index (χ3v) is 3.03. The fraction of sp³-hybridized carbons (Fsp3) is 0.500. The summed E-state index contributed by atoms with van der Waals surface area (Å²) in [5.41, 5.74) is 1.65. The molecule has 0 heterocycles. The maximum absolute atomic E-state index is 11.9. The second-order valence-electron chi connectivity index (χ2n) is 4.55. The minimum absolute atomic E-state index is 0.0433. The summed E-state index contributed by atoms with van der Waals surface area (Å²) in [5, 5.41) is 11.9. The van der Waals surface area contributed by atoms with Crippen LogP contribution in [0.4, 0.5) is 0 Å². The molecule has 1 rings (SSSR count). The molecule has 2 N–H and O–H groups in total. The Morgan fingerprint density at radius 2 is 1.94 bits per heavy atom. The molecule has 0 spiro atoms. The summed E-state index contributed by atoms with van der Waals surface area (Å²) in [6.45, 7) is 4.39. The molecule has 0 saturated heterocycles. The molecule has 0 aliphatic heterocycles. The number of benzene rings is 1. The lowest BCUT2D eigenvalue weighted by atomic mass is 10.0. The molecule has 0 bridgehead atoms. The van der Waals surface area contributed by atoms with Gasteiger partial charge >= 0.3 is 0 Å². The van der Waals surface area contributed by atoms with Crippen molar-refractivity contribution in [3.05, 3.63) is 35.4 Å². The van der Waals surface area contributed by atoms with E-state index in [-0.39, 0.29) is 24.5 Å². The zero-order valence-electron chi connectivity index (χ0n) is 11.1. The summed E-state index contributed by atoms with van der Waals surface area (Å²) in [7, 11) is 1.64. The maximum atomic E-state index is 11.9. The minimum atomic E-state index is -0.119. The van der Waals surface area contributed by atoms with Crippen LogP contribution in [-0.2, 0) is 11.3 Å². The van der Waals surface area contributed by atoms with Crippen LogP contribution >= 0.6 is 0 Å². The number of carbonyl (C=O) groups excluding carboxylic acids is 1. The summed E-state index contributed by atoms with van der Waals surface area (Å²) in [4.78, 5) is 11.9. The van der Waals surface area contributed by atoms with Gasteiger partial charge in [-0.15, -0.1) is 0 Å². The molecule has 1 aromatic rings. The van der Waals surface area contributed by atoms with Crippen molar-refractivity contribution in [2.24, 2.45) is 5.92 Å². The van der Waals surface area contributed by atoms with Crippen molar-refractivity contribution in [1.29, 1.82) is 0 Å². The van der Waals surface area contributed by atoms with E-state index in [2.05, 4.69) is 5.32 Å². The van der Waals surface area contributed by atoms with Gasteiger partial charge in [0.2, 0.25) is 0 Å². The average molecular weight is 251 g/mol. The number of hydrogen-bond donors (Lipinski definition) is 2. The van der Waals surface area contributed by atoms with Crippen molar-refractivity contribution in [3.63, 3.8) is 0 Å². The average Bonchev–Trinajstić information content (AvgIpc) is 2.38. The van der Waals surface area contributed by atoms with Gasteiger partial charge in [-0.05, 0) is 30.5 Å². The van der Waals surface area contributed by atoms with Crippen LogP contribution in [-0.4, -0.2) is 30.8 Å². The largest absolute Gasteiger partial charge is 0.396 e. The van der Waals surface area contributed by atoms with Crippen LogP contribution in [0.25, 0.3) is 0 Å². The Labute approximate surface area is 108 Å². The second kappa shape index (κ2) is 7.13. The first-order valence-electron chi connectivity index (χ1n) is 6.08. The van der Waals surface area contributed by atoms with Gasteiger partial charge in [-0.1, -0.05) is 19.1 Å². The van der Waals surface area contributed by atoms with Crippen LogP contribution in [0.2, 0.25) is 0 Å². The molecule has 0 aliphatic rings. The third-order valence-electron chi connectivity index (χ3n) is 3.03. The predicted molar refractivity (Wildman–Crippen MR) is 70.3 cm³/mol. The van der Waals surface area contributed by atoms with E-state index < -0.39 is 0 Å². The highest BCUT2D eigenvalue weighted by Gasteiger charge is 2.14. The number of methoxy groups -OCH3 is 1. The molecule has 0 aliphatic carbocycles. The molecule has 2 unspecified atom stereocenters. The maximum Gasteiger partial charge on any atom is 0.251 e. The molecule has 4 heteroatoms. The first-order chi connectivity index (χ1) is 8.58. The predicted octanol–water partition coefficient (Wildman–Crippen LogP) is 1.58. The zero-order chi connectivity index (χ0) is 13.5. The molecule has 1 aromatic carbocycles. The SMILES string of the molecule is COCc1ccc(C(=O)NC(C)C(C)CO)cc1. The number of amides is 1. The molecule has 0 saturated carbocycles. The molecule has 0 fully saturated rings. The van der Waals surface area contributed by atoms with Gasteiger partial charge in [0.15, 0.2) is 0 Å². The van der Waals surface area contributed by atoms with E-state index in [1.807, 2.05) is 26.0 Å². The minimum Gasteiger partial charge on any atom is -0.396 e. The van der Waals surface area contributed by atoms with Crippen LogP contribution in [0.15, 0.2) is 24.3 Å². The van der Waals surface area contributed by atoms with E-state index in [0.29, 0.717) is 12.2 Å². The van der Waals surface area contributed by atoms with Gasteiger partial charge < -0.3 is 15.2 Å². The number of aliphatic hydroxyl groups excluding tert-OH is 1. The van der Waals surface area contributed by atoms with Gasteiger partial charge in [-0.25, -0.2) is 0 Å². The molecule has 0 aromatic heterocycles. The smallest absolute Gasteiger partial charge is 0.251 e. The quantitative estimate of drug-likeness (QED) is 0.807. The van der Waals surface area contributed by atoms with Crippen LogP contribution in [0.3, 0.4) is 0 Å². The van der Waals surface area contributed by atoms with E-state index in [1.165, 1.54) is 0 Å². The standard InChI is InChI=1S/C14H21NO3/c1-10(8-16)11(2)15-14(17)13-6-4-12(5-7-13)9-18-3/h4-7,10-11,16H,8-9H2,1-3H3,(H,15,17). The van der Waals surface area contributed by atoms with Crippen molar-refractivity contribution in [2.75, 3.05) is 13.7 Å². The molecule has 4 nitrogen and oxygen atoms in total. The third kappa shape index (κ3) is 4.13. The van der Waals surface area contributed by atoms with E-state index in [1.54, 1.807) is 19.2 Å². The molecule has 18 heavy (non-hydrogen) atoms. The van der Waals surface area contributed by atoms with Crippen molar-refractivity contribution in [3.8, 4) is 0 Å². The highest BCUT2D eigenvalue weighted by Crippen LogP contribution is 2.07. The molecular weight excluding hydrogens is 230 g/mol. The van der Waals surface area contributed by atoms with Crippen molar-refractivity contribution < 1.29 is 14.6 Å². The monoisotopic (exact) mass is 251 g/mol. The molecular formula is C14H21NO3. The highest BCUT2D eigenvalue weighted by atomic mass is 16.5. The number of ether oxygens (including phenoxy) is 1. The van der Waals surface area contributed by atoms with Crippen LogP contribution in [0, 0.1) is 5.92 Å². The second-order valence-corrected chi connectivity index (χ2v) is 4.55. The number of rotatable bonds is 6. The van der Waals surface area contributed by atoms with Crippen molar-refractivity contribution in [2.45, 2.75) is 26.5 Å². The van der Waals surface area contributed by atoms with Gasteiger partial charge in [-0.2, -0.15) is 0 Å². The van der Waals surface area contributed by atoms with Crippen molar-refractivity contribution >= 4 is 5.91 Å². The normalized spacial score (nSPS) is 14.0. The molecule has 2 atom stereocenters. The zero-order valence-corrected chi connectivity index (χ0v) is 11.1. The number of aliphatic hydroxyl groups is 1. The Hall–Kier alpha value is -1.39. The fourth-order valence-electron chi connectivity index (χ4n) is 1.51. The van der Waals surface area contributed by atoms with Crippen LogP contribution in [0.5, 0.6) is 0 Å². The molecule has 1 amide bonds. The van der Waals surface area contributed by atoms with E-state index in [0.717, 1.165) is 5.56 Å². The van der Waals surface area contributed by atoms with Crippen molar-refractivity contribution in [1.82, 2.24) is 5.32 Å².